The standard InChI is InChI=1S/C11H24N2O2S/c1-10(12)11(2,3)9-13-5-4-7-16(14,15)8-6-13/h10H,4-9,12H2,1-3H3. The van der Waals surface area contributed by atoms with Gasteiger partial charge in [0.1, 0.15) is 0 Å². The van der Waals surface area contributed by atoms with Crippen LogP contribution in [0.25, 0.3) is 0 Å². The maximum absolute atomic E-state index is 11.5. The predicted molar refractivity (Wildman–Crippen MR) is 67.1 cm³/mol. The number of nitrogens with two attached hydrogens (primary N) is 1. The van der Waals surface area contributed by atoms with E-state index in [0.29, 0.717) is 18.1 Å². The van der Waals surface area contributed by atoms with E-state index in [1.165, 1.54) is 0 Å². The lowest BCUT2D eigenvalue weighted by molar-refractivity contribution is 0.166. The van der Waals surface area contributed by atoms with Gasteiger partial charge in [-0.25, -0.2) is 8.42 Å². The lowest BCUT2D eigenvalue weighted by Crippen LogP contribution is -2.45. The Morgan fingerprint density at radius 3 is 2.50 bits per heavy atom. The zero-order valence-corrected chi connectivity index (χ0v) is 11.4. The van der Waals surface area contributed by atoms with Gasteiger partial charge in [0.05, 0.1) is 11.5 Å². The molecule has 5 heteroatoms. The number of rotatable bonds is 3. The second kappa shape index (κ2) is 5.02. The van der Waals surface area contributed by atoms with E-state index in [9.17, 15) is 8.42 Å². The molecule has 1 rings (SSSR count). The van der Waals surface area contributed by atoms with Crippen molar-refractivity contribution >= 4 is 9.84 Å². The molecule has 1 fully saturated rings. The Bertz CT molecular complexity index is 323. The van der Waals surface area contributed by atoms with E-state index in [1.54, 1.807) is 0 Å². The van der Waals surface area contributed by atoms with Crippen molar-refractivity contribution in [1.82, 2.24) is 4.90 Å². The average Bonchev–Trinajstić information content (AvgIpc) is 2.27. The van der Waals surface area contributed by atoms with Crippen LogP contribution in [0.2, 0.25) is 0 Å². The molecule has 96 valence electrons. The summed E-state index contributed by atoms with van der Waals surface area (Å²) in [7, 11) is -2.80. The molecule has 0 aromatic rings. The van der Waals surface area contributed by atoms with Gasteiger partial charge in [-0.15, -0.1) is 0 Å². The van der Waals surface area contributed by atoms with Crippen LogP contribution in [-0.2, 0) is 9.84 Å². The van der Waals surface area contributed by atoms with Crippen molar-refractivity contribution in [2.24, 2.45) is 11.1 Å². The van der Waals surface area contributed by atoms with Gasteiger partial charge in [-0.05, 0) is 25.3 Å². The highest BCUT2D eigenvalue weighted by atomic mass is 32.2. The van der Waals surface area contributed by atoms with Gasteiger partial charge in [0.25, 0.3) is 0 Å². The Balaban J connectivity index is 2.57. The number of hydrogen-bond donors (Lipinski definition) is 1. The maximum atomic E-state index is 11.5. The van der Waals surface area contributed by atoms with Gasteiger partial charge in [-0.2, -0.15) is 0 Å². The second-order valence-corrected chi connectivity index (χ2v) is 7.86. The first-order chi connectivity index (χ1) is 7.23. The van der Waals surface area contributed by atoms with Crippen LogP contribution in [0.15, 0.2) is 0 Å². The molecular weight excluding hydrogens is 224 g/mol. The monoisotopic (exact) mass is 248 g/mol. The lowest BCUT2D eigenvalue weighted by atomic mass is 9.85. The topological polar surface area (TPSA) is 63.4 Å². The molecular formula is C11H24N2O2S. The van der Waals surface area contributed by atoms with Crippen LogP contribution in [-0.4, -0.2) is 50.5 Å². The quantitative estimate of drug-likeness (QED) is 0.789. The third kappa shape index (κ3) is 4.03. The number of sulfone groups is 1. The van der Waals surface area contributed by atoms with Gasteiger partial charge >= 0.3 is 0 Å². The summed E-state index contributed by atoms with van der Waals surface area (Å²) in [6.45, 7) is 8.68. The molecule has 1 aliphatic heterocycles. The minimum absolute atomic E-state index is 0.0358. The highest BCUT2D eigenvalue weighted by Crippen LogP contribution is 2.21. The highest BCUT2D eigenvalue weighted by molar-refractivity contribution is 7.91. The summed E-state index contributed by atoms with van der Waals surface area (Å²) in [6, 6.07) is 0.118. The summed E-state index contributed by atoms with van der Waals surface area (Å²) >= 11 is 0. The molecule has 16 heavy (non-hydrogen) atoms. The van der Waals surface area contributed by atoms with E-state index >= 15 is 0 Å². The van der Waals surface area contributed by atoms with Crippen LogP contribution in [0, 0.1) is 5.41 Å². The molecule has 0 aliphatic carbocycles. The molecule has 0 aromatic carbocycles. The van der Waals surface area contributed by atoms with Gasteiger partial charge in [-0.3, -0.25) is 0 Å². The molecule has 2 N–H and O–H groups in total. The fourth-order valence-corrected chi connectivity index (χ4v) is 3.18. The Hall–Kier alpha value is -0.130. The molecule has 0 bridgehead atoms. The van der Waals surface area contributed by atoms with Crippen molar-refractivity contribution in [3.8, 4) is 0 Å². The van der Waals surface area contributed by atoms with Crippen LogP contribution >= 0.6 is 0 Å². The minimum atomic E-state index is -2.80. The van der Waals surface area contributed by atoms with Crippen molar-refractivity contribution in [1.29, 1.82) is 0 Å². The Morgan fingerprint density at radius 2 is 1.94 bits per heavy atom. The van der Waals surface area contributed by atoms with Crippen LogP contribution in [0.5, 0.6) is 0 Å². The summed E-state index contributed by atoms with van der Waals surface area (Å²) in [4.78, 5) is 2.23. The number of hydrogen-bond acceptors (Lipinski definition) is 4. The van der Waals surface area contributed by atoms with Crippen LogP contribution in [0.3, 0.4) is 0 Å². The predicted octanol–water partition coefficient (Wildman–Crippen LogP) is 0.480. The Morgan fingerprint density at radius 1 is 1.31 bits per heavy atom. The maximum Gasteiger partial charge on any atom is 0.151 e. The Kier molecular flexibility index (Phi) is 4.37. The number of nitrogens with zero attached hydrogens (tertiary/aromatic N) is 1. The lowest BCUT2D eigenvalue weighted by Gasteiger charge is -2.34. The van der Waals surface area contributed by atoms with Crippen molar-refractivity contribution in [3.63, 3.8) is 0 Å². The first-order valence-corrected chi connectivity index (χ1v) is 7.73. The van der Waals surface area contributed by atoms with E-state index in [0.717, 1.165) is 19.5 Å². The van der Waals surface area contributed by atoms with Gasteiger partial charge in [0.15, 0.2) is 9.84 Å². The first-order valence-electron chi connectivity index (χ1n) is 5.91. The van der Waals surface area contributed by atoms with Gasteiger partial charge in [0.2, 0.25) is 0 Å². The summed E-state index contributed by atoms with van der Waals surface area (Å²) < 4.78 is 22.9. The molecule has 1 atom stereocenters. The van der Waals surface area contributed by atoms with E-state index in [1.807, 2.05) is 6.92 Å². The van der Waals surface area contributed by atoms with Gasteiger partial charge < -0.3 is 10.6 Å². The molecule has 0 spiro atoms. The molecule has 1 saturated heterocycles. The third-order valence-electron chi connectivity index (χ3n) is 3.51. The molecule has 0 amide bonds. The SMILES string of the molecule is CC(N)C(C)(C)CN1CCCS(=O)(=O)CC1. The van der Waals surface area contributed by atoms with Crippen molar-refractivity contribution in [3.05, 3.63) is 0 Å². The zero-order valence-electron chi connectivity index (χ0n) is 10.6. The highest BCUT2D eigenvalue weighted by Gasteiger charge is 2.28. The molecule has 0 aromatic heterocycles. The van der Waals surface area contributed by atoms with Crippen molar-refractivity contribution in [2.45, 2.75) is 33.2 Å². The summed E-state index contributed by atoms with van der Waals surface area (Å²) in [5.41, 5.74) is 5.97. The van der Waals surface area contributed by atoms with E-state index in [2.05, 4.69) is 18.7 Å². The molecule has 4 nitrogen and oxygen atoms in total. The van der Waals surface area contributed by atoms with Crippen LogP contribution in [0.4, 0.5) is 0 Å². The fraction of sp³-hybridized carbons (Fsp3) is 1.00. The molecule has 1 heterocycles. The normalized spacial score (nSPS) is 25.0. The van der Waals surface area contributed by atoms with Crippen molar-refractivity contribution < 1.29 is 8.42 Å². The first kappa shape index (κ1) is 13.9. The van der Waals surface area contributed by atoms with Gasteiger partial charge in [0, 0.05) is 19.1 Å². The van der Waals surface area contributed by atoms with Gasteiger partial charge in [-0.1, -0.05) is 13.8 Å². The molecule has 1 aliphatic rings. The third-order valence-corrected chi connectivity index (χ3v) is 5.23. The molecule has 0 saturated carbocycles. The van der Waals surface area contributed by atoms with E-state index < -0.39 is 9.84 Å². The fourth-order valence-electron chi connectivity index (χ4n) is 1.87. The van der Waals surface area contributed by atoms with E-state index in [4.69, 9.17) is 5.73 Å². The second-order valence-electron chi connectivity index (χ2n) is 5.56. The average molecular weight is 248 g/mol. The summed E-state index contributed by atoms with van der Waals surface area (Å²) in [5.74, 6) is 0.629. The zero-order chi connectivity index (χ0) is 12.4. The molecule has 1 unspecified atom stereocenters. The van der Waals surface area contributed by atoms with Crippen LogP contribution < -0.4 is 5.73 Å². The van der Waals surface area contributed by atoms with Crippen molar-refractivity contribution in [2.75, 3.05) is 31.1 Å². The molecule has 0 radical (unpaired) electrons. The van der Waals surface area contributed by atoms with Crippen LogP contribution in [0.1, 0.15) is 27.2 Å². The summed E-state index contributed by atoms with van der Waals surface area (Å²) in [6.07, 6.45) is 0.747. The summed E-state index contributed by atoms with van der Waals surface area (Å²) in [5, 5.41) is 0. The van der Waals surface area contributed by atoms with E-state index in [-0.39, 0.29) is 11.5 Å². The smallest absolute Gasteiger partial charge is 0.151 e. The Labute approximate surface area is 99.1 Å². The minimum Gasteiger partial charge on any atom is -0.327 e. The largest absolute Gasteiger partial charge is 0.327 e.